The summed E-state index contributed by atoms with van der Waals surface area (Å²) in [6.07, 6.45) is 10.3. The predicted molar refractivity (Wildman–Crippen MR) is 159 cm³/mol. The fourth-order valence-electron chi connectivity index (χ4n) is 7.74. The summed E-state index contributed by atoms with van der Waals surface area (Å²) in [5, 5.41) is 9.63. The lowest BCUT2D eigenvalue weighted by Gasteiger charge is -2.47. The van der Waals surface area contributed by atoms with Crippen molar-refractivity contribution in [2.45, 2.75) is 82.8 Å². The molecule has 0 N–H and O–H groups in total. The number of anilines is 1. The van der Waals surface area contributed by atoms with Crippen LogP contribution in [0.15, 0.2) is 36.9 Å². The molecule has 2 fully saturated rings. The van der Waals surface area contributed by atoms with E-state index in [0.717, 1.165) is 56.6 Å². The average Bonchev–Trinajstić information content (AvgIpc) is 3.40. The molecule has 4 aliphatic rings. The highest BCUT2D eigenvalue weighted by molar-refractivity contribution is 5.87. The number of carbonyl (C=O) groups excluding carboxylic acids is 1. The number of hydrogen-bond donors (Lipinski definition) is 0. The third-order valence-electron chi connectivity index (χ3n) is 10.2. The smallest absolute Gasteiger partial charge is 0.318 e. The summed E-state index contributed by atoms with van der Waals surface area (Å²) >= 11 is 0. The summed E-state index contributed by atoms with van der Waals surface area (Å²) in [7, 11) is 2.16. The molecule has 0 radical (unpaired) electrons. The molecule has 6 rings (SSSR count). The van der Waals surface area contributed by atoms with Gasteiger partial charge in [0.25, 0.3) is 0 Å². The molecule has 3 heterocycles. The standard InChI is InChI=1S/C33H42N6O2/c1-4-30(40)39-19-18-38(23(2)29(39)13-16-34)31-27-12-15-33(14-11-24-8-5-6-9-25(24)20-33)21-28(27)35-32(36-31)41-22-26-10-7-17-37(26)3/h4-6,8-9,23,26,29H,1,7,10-15,17-22H2,2-3H3. The maximum Gasteiger partial charge on any atom is 0.318 e. The molecule has 1 spiro atoms. The summed E-state index contributed by atoms with van der Waals surface area (Å²) in [4.78, 5) is 29.3. The van der Waals surface area contributed by atoms with Crippen LogP contribution in [0.4, 0.5) is 5.82 Å². The zero-order valence-corrected chi connectivity index (χ0v) is 24.5. The number of likely N-dealkylation sites (N-methyl/N-ethyl adjacent to an activating group) is 1. The van der Waals surface area contributed by atoms with Crippen molar-refractivity contribution in [2.24, 2.45) is 5.41 Å². The monoisotopic (exact) mass is 554 g/mol. The van der Waals surface area contributed by atoms with E-state index in [2.05, 4.69) is 60.7 Å². The third kappa shape index (κ3) is 5.32. The number of amides is 1. The quantitative estimate of drug-likeness (QED) is 0.497. The van der Waals surface area contributed by atoms with Crippen molar-refractivity contribution >= 4 is 11.7 Å². The number of benzene rings is 1. The minimum atomic E-state index is -0.230. The van der Waals surface area contributed by atoms with Gasteiger partial charge in [-0.05, 0) is 94.5 Å². The van der Waals surface area contributed by atoms with Crippen molar-refractivity contribution in [3.05, 3.63) is 59.3 Å². The lowest BCUT2D eigenvalue weighted by Crippen LogP contribution is -2.60. The maximum atomic E-state index is 12.7. The van der Waals surface area contributed by atoms with Gasteiger partial charge < -0.3 is 19.4 Å². The molecule has 1 aromatic carbocycles. The lowest BCUT2D eigenvalue weighted by molar-refractivity contribution is -0.129. The summed E-state index contributed by atoms with van der Waals surface area (Å²) in [6.45, 7) is 8.66. The second kappa shape index (κ2) is 11.4. The van der Waals surface area contributed by atoms with E-state index < -0.39 is 0 Å². The molecule has 1 aromatic heterocycles. The molecule has 216 valence electrons. The first-order chi connectivity index (χ1) is 19.9. The van der Waals surface area contributed by atoms with Gasteiger partial charge in [-0.15, -0.1) is 0 Å². The largest absolute Gasteiger partial charge is 0.462 e. The molecule has 2 aliphatic carbocycles. The number of ether oxygens (including phenoxy) is 1. The van der Waals surface area contributed by atoms with Gasteiger partial charge in [-0.2, -0.15) is 15.2 Å². The van der Waals surface area contributed by atoms with Crippen LogP contribution in [0, 0.1) is 16.7 Å². The number of nitrogens with zero attached hydrogens (tertiary/aromatic N) is 6. The van der Waals surface area contributed by atoms with Gasteiger partial charge in [0.15, 0.2) is 0 Å². The van der Waals surface area contributed by atoms with Crippen LogP contribution in [0.3, 0.4) is 0 Å². The highest BCUT2D eigenvalue weighted by Crippen LogP contribution is 2.47. The molecule has 2 saturated heterocycles. The van der Waals surface area contributed by atoms with Gasteiger partial charge in [-0.1, -0.05) is 30.8 Å². The summed E-state index contributed by atoms with van der Waals surface area (Å²) < 4.78 is 6.36. The van der Waals surface area contributed by atoms with Crippen molar-refractivity contribution in [1.29, 1.82) is 5.26 Å². The van der Waals surface area contributed by atoms with Gasteiger partial charge in [-0.25, -0.2) is 0 Å². The molecule has 2 aromatic rings. The van der Waals surface area contributed by atoms with Gasteiger partial charge >= 0.3 is 6.01 Å². The van der Waals surface area contributed by atoms with Crippen LogP contribution < -0.4 is 9.64 Å². The molecule has 1 amide bonds. The van der Waals surface area contributed by atoms with E-state index in [9.17, 15) is 10.1 Å². The van der Waals surface area contributed by atoms with Gasteiger partial charge in [-0.3, -0.25) is 4.79 Å². The number of rotatable bonds is 6. The SMILES string of the molecule is C=CC(=O)N1CCN(c2nc(OCC3CCCN3C)nc3c2CCC2(CCc4ccccc4C2)C3)C(C)C1CC#N. The van der Waals surface area contributed by atoms with Gasteiger partial charge in [0.1, 0.15) is 12.4 Å². The molecule has 8 heteroatoms. The highest BCUT2D eigenvalue weighted by atomic mass is 16.5. The van der Waals surface area contributed by atoms with E-state index in [-0.39, 0.29) is 29.8 Å². The van der Waals surface area contributed by atoms with E-state index in [1.165, 1.54) is 35.6 Å². The van der Waals surface area contributed by atoms with Crippen LogP contribution in [0.1, 0.15) is 61.4 Å². The first kappa shape index (κ1) is 27.7. The van der Waals surface area contributed by atoms with E-state index in [1.807, 2.05) is 0 Å². The van der Waals surface area contributed by atoms with Crippen LogP contribution in [0.25, 0.3) is 0 Å². The highest BCUT2D eigenvalue weighted by Gasteiger charge is 2.42. The molecule has 2 aliphatic heterocycles. The van der Waals surface area contributed by atoms with Crippen molar-refractivity contribution in [1.82, 2.24) is 19.8 Å². The fraction of sp³-hybridized carbons (Fsp3) is 0.576. The molecule has 41 heavy (non-hydrogen) atoms. The van der Waals surface area contributed by atoms with Crippen LogP contribution in [0.5, 0.6) is 6.01 Å². The normalized spacial score (nSPS) is 27.7. The number of nitriles is 1. The summed E-state index contributed by atoms with van der Waals surface area (Å²) in [6, 6.07) is 11.7. The van der Waals surface area contributed by atoms with Crippen molar-refractivity contribution in [3.8, 4) is 12.1 Å². The Balaban J connectivity index is 1.33. The Labute approximate surface area is 244 Å². The summed E-state index contributed by atoms with van der Waals surface area (Å²) in [5.74, 6) is 0.808. The van der Waals surface area contributed by atoms with Crippen molar-refractivity contribution in [2.75, 3.05) is 38.2 Å². The first-order valence-corrected chi connectivity index (χ1v) is 15.3. The van der Waals surface area contributed by atoms with Crippen LogP contribution in [-0.2, 0) is 30.5 Å². The Bertz CT molecular complexity index is 1350. The third-order valence-corrected chi connectivity index (χ3v) is 10.2. The average molecular weight is 555 g/mol. The molecule has 8 nitrogen and oxygen atoms in total. The minimum absolute atomic E-state index is 0.0717. The van der Waals surface area contributed by atoms with Crippen LogP contribution in [0.2, 0.25) is 0 Å². The number of piperazine rings is 1. The molecular weight excluding hydrogens is 512 g/mol. The second-order valence-electron chi connectivity index (χ2n) is 12.6. The Kier molecular flexibility index (Phi) is 7.74. The van der Waals surface area contributed by atoms with Crippen molar-refractivity contribution in [3.63, 3.8) is 0 Å². The Morgan fingerprint density at radius 3 is 2.73 bits per heavy atom. The Hall–Kier alpha value is -3.44. The number of aryl methyl sites for hydroxylation is 1. The first-order valence-electron chi connectivity index (χ1n) is 15.3. The zero-order valence-electron chi connectivity index (χ0n) is 24.5. The van der Waals surface area contributed by atoms with Gasteiger partial charge in [0.2, 0.25) is 5.91 Å². The maximum absolute atomic E-state index is 12.7. The van der Waals surface area contributed by atoms with Gasteiger partial charge in [0, 0.05) is 30.7 Å². The number of likely N-dealkylation sites (tertiary alicyclic amines) is 1. The Morgan fingerprint density at radius 2 is 1.98 bits per heavy atom. The van der Waals surface area contributed by atoms with E-state index in [1.54, 1.807) is 4.90 Å². The zero-order chi connectivity index (χ0) is 28.6. The van der Waals surface area contributed by atoms with Crippen molar-refractivity contribution < 1.29 is 9.53 Å². The van der Waals surface area contributed by atoms with E-state index >= 15 is 0 Å². The predicted octanol–water partition coefficient (Wildman–Crippen LogP) is 4.12. The molecule has 0 saturated carbocycles. The number of hydrogen-bond acceptors (Lipinski definition) is 7. The van der Waals surface area contributed by atoms with Gasteiger partial charge in [0.05, 0.1) is 24.2 Å². The van der Waals surface area contributed by atoms with Crippen LogP contribution >= 0.6 is 0 Å². The van der Waals surface area contributed by atoms with E-state index in [4.69, 9.17) is 14.7 Å². The van der Waals surface area contributed by atoms with E-state index in [0.29, 0.717) is 31.7 Å². The Morgan fingerprint density at radius 1 is 1.17 bits per heavy atom. The summed E-state index contributed by atoms with van der Waals surface area (Å²) in [5.41, 5.74) is 5.50. The lowest BCUT2D eigenvalue weighted by atomic mass is 9.63. The fourth-order valence-corrected chi connectivity index (χ4v) is 7.74. The molecule has 4 atom stereocenters. The number of fused-ring (bicyclic) bond motifs is 2. The minimum Gasteiger partial charge on any atom is -0.462 e. The van der Waals surface area contributed by atoms with Crippen LogP contribution in [-0.4, -0.2) is 77.1 Å². The molecule has 4 unspecified atom stereocenters. The topological polar surface area (TPSA) is 85.6 Å². The number of carbonyl (C=O) groups is 1. The molecule has 0 bridgehead atoms. The second-order valence-corrected chi connectivity index (χ2v) is 12.6. The molecular formula is C33H42N6O2. The number of aromatic nitrogens is 2.